The smallest absolute Gasteiger partial charge is 0.232 e. The first-order chi connectivity index (χ1) is 7.33. The highest BCUT2D eigenvalue weighted by molar-refractivity contribution is 8.13. The van der Waals surface area contributed by atoms with Gasteiger partial charge in [-0.05, 0) is 30.5 Å². The molecule has 1 rings (SSSR count). The number of benzene rings is 1. The van der Waals surface area contributed by atoms with Crippen molar-refractivity contribution < 1.29 is 17.5 Å². The van der Waals surface area contributed by atoms with Crippen LogP contribution in [0.2, 0.25) is 0 Å². The lowest BCUT2D eigenvalue weighted by molar-refractivity contribution is 0.383. The highest BCUT2D eigenvalue weighted by Crippen LogP contribution is 2.23. The van der Waals surface area contributed by atoms with Crippen LogP contribution in [0.3, 0.4) is 0 Å². The minimum atomic E-state index is -3.55. The monoisotopic (exact) mass is 266 g/mol. The van der Waals surface area contributed by atoms with Gasteiger partial charge in [0.1, 0.15) is 0 Å². The Bertz CT molecular complexity index is 462. The molecule has 0 radical (unpaired) electrons. The molecule has 0 saturated carbocycles. The zero-order valence-corrected chi connectivity index (χ0v) is 10.5. The highest BCUT2D eigenvalue weighted by Gasteiger charge is 2.11. The Balaban J connectivity index is 2.92. The van der Waals surface area contributed by atoms with Crippen molar-refractivity contribution >= 4 is 19.7 Å². The molecular weight excluding hydrogens is 255 g/mol. The first kappa shape index (κ1) is 13.3. The van der Waals surface area contributed by atoms with Gasteiger partial charge in [-0.3, -0.25) is 0 Å². The van der Waals surface area contributed by atoms with E-state index in [0.717, 1.165) is 0 Å². The fraction of sp³-hybridized carbons (Fsp3) is 0.400. The molecule has 0 aliphatic carbocycles. The number of hydrogen-bond donors (Lipinski definition) is 0. The predicted octanol–water partition coefficient (Wildman–Crippen LogP) is 2.25. The second-order valence-electron chi connectivity index (χ2n) is 3.42. The van der Waals surface area contributed by atoms with Crippen molar-refractivity contribution in [1.29, 1.82) is 0 Å². The molecule has 3 nitrogen and oxygen atoms in total. The molecule has 0 aliphatic rings. The summed E-state index contributed by atoms with van der Waals surface area (Å²) < 4.78 is 39.8. The van der Waals surface area contributed by atoms with E-state index in [0.29, 0.717) is 11.1 Å². The summed E-state index contributed by atoms with van der Waals surface area (Å²) in [6.45, 7) is 1.70. The van der Waals surface area contributed by atoms with Crippen molar-refractivity contribution in [3.05, 3.63) is 29.1 Å². The van der Waals surface area contributed by atoms with Crippen molar-refractivity contribution in [1.82, 2.24) is 0 Å². The van der Waals surface area contributed by atoms with Gasteiger partial charge in [-0.1, -0.05) is 6.07 Å². The Kier molecular flexibility index (Phi) is 4.15. The maximum atomic E-state index is 13.4. The van der Waals surface area contributed by atoms with Gasteiger partial charge in [-0.15, -0.1) is 0 Å². The van der Waals surface area contributed by atoms with Gasteiger partial charge in [0.15, 0.2) is 11.6 Å². The number of methoxy groups -OCH3 is 1. The maximum absolute atomic E-state index is 13.4. The third-order valence-corrected chi connectivity index (χ3v) is 3.28. The van der Waals surface area contributed by atoms with Gasteiger partial charge in [-0.25, -0.2) is 12.8 Å². The van der Waals surface area contributed by atoms with Crippen LogP contribution in [0.1, 0.15) is 11.1 Å². The van der Waals surface area contributed by atoms with E-state index in [1.165, 1.54) is 13.2 Å². The quantitative estimate of drug-likeness (QED) is 0.785. The third kappa shape index (κ3) is 3.64. The summed E-state index contributed by atoms with van der Waals surface area (Å²) in [5.74, 6) is -0.526. The summed E-state index contributed by atoms with van der Waals surface area (Å²) in [5.41, 5.74) is 1.21. The molecule has 0 aromatic heterocycles. The minimum Gasteiger partial charge on any atom is -0.493 e. The topological polar surface area (TPSA) is 43.4 Å². The summed E-state index contributed by atoms with van der Waals surface area (Å²) in [4.78, 5) is 0. The molecule has 90 valence electrons. The summed E-state index contributed by atoms with van der Waals surface area (Å²) >= 11 is 0. The van der Waals surface area contributed by atoms with E-state index in [1.54, 1.807) is 13.0 Å². The fourth-order valence-electron chi connectivity index (χ4n) is 1.44. The molecule has 1 aromatic rings. The van der Waals surface area contributed by atoms with E-state index >= 15 is 0 Å². The molecule has 0 bridgehead atoms. The molecule has 0 heterocycles. The van der Waals surface area contributed by atoms with Crippen LogP contribution in [0.15, 0.2) is 12.1 Å². The van der Waals surface area contributed by atoms with Gasteiger partial charge in [0.25, 0.3) is 0 Å². The highest BCUT2D eigenvalue weighted by atomic mass is 35.7. The van der Waals surface area contributed by atoms with Gasteiger partial charge in [0, 0.05) is 10.7 Å². The molecule has 0 saturated heterocycles. The molecule has 0 atom stereocenters. The summed E-state index contributed by atoms with van der Waals surface area (Å²) in [5, 5.41) is 0. The van der Waals surface area contributed by atoms with Crippen LogP contribution in [-0.4, -0.2) is 21.3 Å². The lowest BCUT2D eigenvalue weighted by atomic mass is 10.1. The van der Waals surface area contributed by atoms with Crippen LogP contribution in [0.4, 0.5) is 4.39 Å². The first-order valence-electron chi connectivity index (χ1n) is 4.59. The molecule has 6 heteroatoms. The van der Waals surface area contributed by atoms with Crippen LogP contribution in [0.5, 0.6) is 5.75 Å². The van der Waals surface area contributed by atoms with Crippen molar-refractivity contribution in [3.8, 4) is 5.75 Å². The summed E-state index contributed by atoms with van der Waals surface area (Å²) in [6.07, 6.45) is 0.188. The van der Waals surface area contributed by atoms with Gasteiger partial charge < -0.3 is 4.74 Å². The molecule has 0 aliphatic heterocycles. The second kappa shape index (κ2) is 5.01. The Morgan fingerprint density at radius 2 is 2.06 bits per heavy atom. The van der Waals surface area contributed by atoms with Crippen LogP contribution < -0.4 is 4.74 Å². The van der Waals surface area contributed by atoms with Gasteiger partial charge in [0.05, 0.1) is 12.9 Å². The number of rotatable bonds is 4. The van der Waals surface area contributed by atoms with E-state index in [1.807, 2.05) is 0 Å². The summed E-state index contributed by atoms with van der Waals surface area (Å²) in [7, 11) is 2.91. The lowest BCUT2D eigenvalue weighted by Gasteiger charge is -2.08. The molecule has 1 aromatic carbocycles. The molecule has 0 unspecified atom stereocenters. The standard InChI is InChI=1S/C10H12ClFO3S/c1-7-5-8(3-4-16(11,13)14)6-9(12)10(7)15-2/h5-6H,3-4H2,1-2H3. The zero-order valence-electron chi connectivity index (χ0n) is 8.96. The third-order valence-electron chi connectivity index (χ3n) is 2.13. The average Bonchev–Trinajstić information content (AvgIpc) is 2.13. The fourth-order valence-corrected chi connectivity index (χ4v) is 2.16. The summed E-state index contributed by atoms with van der Waals surface area (Å²) in [6, 6.07) is 2.94. The van der Waals surface area contributed by atoms with Crippen LogP contribution in [0, 0.1) is 12.7 Å². The van der Waals surface area contributed by atoms with E-state index in [-0.39, 0.29) is 17.9 Å². The van der Waals surface area contributed by atoms with Crippen molar-refractivity contribution in [3.63, 3.8) is 0 Å². The lowest BCUT2D eigenvalue weighted by Crippen LogP contribution is -2.02. The van der Waals surface area contributed by atoms with Crippen molar-refractivity contribution in [2.75, 3.05) is 12.9 Å². The van der Waals surface area contributed by atoms with Gasteiger partial charge in [0.2, 0.25) is 9.05 Å². The minimum absolute atomic E-state index is 0.178. The van der Waals surface area contributed by atoms with Crippen molar-refractivity contribution in [2.45, 2.75) is 13.3 Å². The molecular formula is C10H12ClFO3S. The van der Waals surface area contributed by atoms with E-state index in [2.05, 4.69) is 0 Å². The second-order valence-corrected chi connectivity index (χ2v) is 6.32. The maximum Gasteiger partial charge on any atom is 0.232 e. The van der Waals surface area contributed by atoms with Crippen molar-refractivity contribution in [2.24, 2.45) is 0 Å². The van der Waals surface area contributed by atoms with E-state index in [4.69, 9.17) is 15.4 Å². The average molecular weight is 267 g/mol. The van der Waals surface area contributed by atoms with E-state index in [9.17, 15) is 12.8 Å². The van der Waals surface area contributed by atoms with E-state index < -0.39 is 14.9 Å². The van der Waals surface area contributed by atoms with Gasteiger partial charge in [-0.2, -0.15) is 0 Å². The number of aryl methyl sites for hydroxylation is 2. The zero-order chi connectivity index (χ0) is 12.3. The van der Waals surface area contributed by atoms with Crippen LogP contribution in [-0.2, 0) is 15.5 Å². The van der Waals surface area contributed by atoms with Crippen LogP contribution >= 0.6 is 10.7 Å². The normalized spacial score (nSPS) is 11.5. The molecule has 0 spiro atoms. The molecule has 16 heavy (non-hydrogen) atoms. The Labute approximate surface area is 98.6 Å². The Hall–Kier alpha value is -0.810. The number of hydrogen-bond acceptors (Lipinski definition) is 3. The first-order valence-corrected chi connectivity index (χ1v) is 7.06. The Morgan fingerprint density at radius 1 is 1.44 bits per heavy atom. The largest absolute Gasteiger partial charge is 0.493 e. The number of ether oxygens (including phenoxy) is 1. The number of halogens is 2. The SMILES string of the molecule is COc1c(C)cc(CCS(=O)(=O)Cl)cc1F. The molecule has 0 amide bonds. The van der Waals surface area contributed by atoms with Gasteiger partial charge >= 0.3 is 0 Å². The van der Waals surface area contributed by atoms with Crippen LogP contribution in [0.25, 0.3) is 0 Å². The molecule has 0 fully saturated rings. The molecule has 0 N–H and O–H groups in total. The predicted molar refractivity (Wildman–Crippen MR) is 61.0 cm³/mol. The Morgan fingerprint density at radius 3 is 2.50 bits per heavy atom.